The summed E-state index contributed by atoms with van der Waals surface area (Å²) in [6.45, 7) is 8.72. The molecule has 0 bridgehead atoms. The third-order valence-corrected chi connectivity index (χ3v) is 3.46. The van der Waals surface area contributed by atoms with Gasteiger partial charge in [-0.2, -0.15) is 0 Å². The summed E-state index contributed by atoms with van der Waals surface area (Å²) < 4.78 is 0. The van der Waals surface area contributed by atoms with Crippen LogP contribution in [-0.2, 0) is 6.42 Å². The standard InChI is InChI=1S/C14H22N2/c1-10(2)16-9-11(3)13-5-4-12(6-7-15)8-14(13)16/h4-5,8,10-11H,6-7,9,15H2,1-3H3. The summed E-state index contributed by atoms with van der Waals surface area (Å²) in [7, 11) is 0. The Balaban J connectivity index is 2.35. The van der Waals surface area contributed by atoms with Crippen molar-refractivity contribution in [1.29, 1.82) is 0 Å². The minimum atomic E-state index is 0.580. The Hall–Kier alpha value is -1.02. The van der Waals surface area contributed by atoms with Crippen LogP contribution in [0, 0.1) is 0 Å². The minimum Gasteiger partial charge on any atom is -0.368 e. The van der Waals surface area contributed by atoms with Gasteiger partial charge in [0.1, 0.15) is 0 Å². The molecule has 2 N–H and O–H groups in total. The maximum Gasteiger partial charge on any atom is 0.0407 e. The number of hydrogen-bond acceptors (Lipinski definition) is 2. The molecule has 1 aromatic rings. The molecule has 2 heteroatoms. The lowest BCUT2D eigenvalue weighted by atomic mass is 10.0. The highest BCUT2D eigenvalue weighted by Gasteiger charge is 2.26. The van der Waals surface area contributed by atoms with E-state index in [1.165, 1.54) is 16.8 Å². The predicted octanol–water partition coefficient (Wildman–Crippen LogP) is 2.52. The third-order valence-electron chi connectivity index (χ3n) is 3.46. The van der Waals surface area contributed by atoms with Crippen molar-refractivity contribution in [2.45, 2.75) is 39.2 Å². The molecular weight excluding hydrogens is 196 g/mol. The van der Waals surface area contributed by atoms with E-state index in [1.54, 1.807) is 0 Å². The molecule has 2 rings (SSSR count). The van der Waals surface area contributed by atoms with Crippen molar-refractivity contribution in [2.75, 3.05) is 18.0 Å². The first-order valence-electron chi connectivity index (χ1n) is 6.23. The van der Waals surface area contributed by atoms with Crippen molar-refractivity contribution < 1.29 is 0 Å². The zero-order chi connectivity index (χ0) is 11.7. The molecule has 88 valence electrons. The van der Waals surface area contributed by atoms with Crippen LogP contribution in [0.25, 0.3) is 0 Å². The average Bonchev–Trinajstić information content (AvgIpc) is 2.57. The SMILES string of the molecule is CC1CN(C(C)C)c2cc(CCN)ccc21. The molecule has 0 aromatic heterocycles. The van der Waals surface area contributed by atoms with Crippen molar-refractivity contribution >= 4 is 5.69 Å². The van der Waals surface area contributed by atoms with Gasteiger partial charge in [-0.15, -0.1) is 0 Å². The maximum absolute atomic E-state index is 5.61. The predicted molar refractivity (Wildman–Crippen MR) is 70.1 cm³/mol. The molecule has 0 radical (unpaired) electrons. The Morgan fingerprint density at radius 3 is 2.81 bits per heavy atom. The maximum atomic E-state index is 5.61. The highest BCUT2D eigenvalue weighted by molar-refractivity contribution is 5.62. The van der Waals surface area contributed by atoms with Crippen LogP contribution in [0.5, 0.6) is 0 Å². The topological polar surface area (TPSA) is 29.3 Å². The van der Waals surface area contributed by atoms with E-state index in [4.69, 9.17) is 5.73 Å². The summed E-state index contributed by atoms with van der Waals surface area (Å²) >= 11 is 0. The van der Waals surface area contributed by atoms with Gasteiger partial charge < -0.3 is 10.6 Å². The molecule has 1 unspecified atom stereocenters. The number of rotatable bonds is 3. The fourth-order valence-electron chi connectivity index (χ4n) is 2.56. The zero-order valence-electron chi connectivity index (χ0n) is 10.5. The summed E-state index contributed by atoms with van der Waals surface area (Å²) in [6.07, 6.45) is 0.980. The molecule has 1 aliphatic heterocycles. The van der Waals surface area contributed by atoms with Gasteiger partial charge >= 0.3 is 0 Å². The number of anilines is 1. The number of benzene rings is 1. The van der Waals surface area contributed by atoms with Crippen molar-refractivity contribution in [2.24, 2.45) is 5.73 Å². The largest absolute Gasteiger partial charge is 0.368 e. The molecule has 0 saturated carbocycles. The van der Waals surface area contributed by atoms with Crippen molar-refractivity contribution in [3.8, 4) is 0 Å². The van der Waals surface area contributed by atoms with Gasteiger partial charge in [-0.3, -0.25) is 0 Å². The average molecular weight is 218 g/mol. The first kappa shape index (κ1) is 11.5. The summed E-state index contributed by atoms with van der Waals surface area (Å²) in [5.41, 5.74) is 9.90. The van der Waals surface area contributed by atoms with Gasteiger partial charge in [0.15, 0.2) is 0 Å². The van der Waals surface area contributed by atoms with Crippen molar-refractivity contribution in [3.63, 3.8) is 0 Å². The fourth-order valence-corrected chi connectivity index (χ4v) is 2.56. The van der Waals surface area contributed by atoms with E-state index < -0.39 is 0 Å². The highest BCUT2D eigenvalue weighted by atomic mass is 15.2. The third kappa shape index (κ3) is 1.94. The van der Waals surface area contributed by atoms with E-state index in [0.29, 0.717) is 12.0 Å². The second kappa shape index (κ2) is 4.46. The van der Waals surface area contributed by atoms with Crippen LogP contribution >= 0.6 is 0 Å². The second-order valence-electron chi connectivity index (χ2n) is 5.08. The quantitative estimate of drug-likeness (QED) is 0.844. The Bertz CT molecular complexity index is 371. The van der Waals surface area contributed by atoms with Gasteiger partial charge in [0.2, 0.25) is 0 Å². The second-order valence-corrected chi connectivity index (χ2v) is 5.08. The lowest BCUT2D eigenvalue weighted by molar-refractivity contribution is 0.670. The van der Waals surface area contributed by atoms with Crippen LogP contribution < -0.4 is 10.6 Å². The lowest BCUT2D eigenvalue weighted by Gasteiger charge is -2.24. The van der Waals surface area contributed by atoms with E-state index >= 15 is 0 Å². The normalized spacial score (nSPS) is 19.3. The fraction of sp³-hybridized carbons (Fsp3) is 0.571. The zero-order valence-corrected chi connectivity index (χ0v) is 10.5. The van der Waals surface area contributed by atoms with Crippen LogP contribution in [0.1, 0.15) is 37.8 Å². The van der Waals surface area contributed by atoms with Crippen molar-refractivity contribution in [1.82, 2.24) is 0 Å². The molecular formula is C14H22N2. The number of hydrogen-bond donors (Lipinski definition) is 1. The molecule has 0 amide bonds. The molecule has 1 aromatic carbocycles. The van der Waals surface area contributed by atoms with Crippen LogP contribution in [0.15, 0.2) is 18.2 Å². The molecule has 16 heavy (non-hydrogen) atoms. The molecule has 1 atom stereocenters. The van der Waals surface area contributed by atoms with Crippen LogP contribution in [-0.4, -0.2) is 19.1 Å². The van der Waals surface area contributed by atoms with E-state index in [9.17, 15) is 0 Å². The lowest BCUT2D eigenvalue weighted by Crippen LogP contribution is -2.29. The van der Waals surface area contributed by atoms with E-state index in [0.717, 1.165) is 19.5 Å². The summed E-state index contributed by atoms with van der Waals surface area (Å²) in [6, 6.07) is 7.42. The molecule has 0 aliphatic carbocycles. The Labute approximate surface area is 98.4 Å². The molecule has 0 fully saturated rings. The van der Waals surface area contributed by atoms with Crippen molar-refractivity contribution in [3.05, 3.63) is 29.3 Å². The first-order chi connectivity index (χ1) is 7.63. The number of fused-ring (bicyclic) bond motifs is 1. The van der Waals surface area contributed by atoms with Gasteiger partial charge in [0, 0.05) is 24.2 Å². The smallest absolute Gasteiger partial charge is 0.0407 e. The Morgan fingerprint density at radius 1 is 1.44 bits per heavy atom. The monoisotopic (exact) mass is 218 g/mol. The van der Waals surface area contributed by atoms with E-state index in [-0.39, 0.29) is 0 Å². The Kier molecular flexibility index (Phi) is 3.20. The molecule has 0 saturated heterocycles. The van der Waals surface area contributed by atoms with Gasteiger partial charge in [0.05, 0.1) is 0 Å². The summed E-state index contributed by atoms with van der Waals surface area (Å²) in [4.78, 5) is 2.50. The van der Waals surface area contributed by atoms with Gasteiger partial charge in [-0.05, 0) is 44.0 Å². The molecule has 2 nitrogen and oxygen atoms in total. The van der Waals surface area contributed by atoms with E-state index in [1.807, 2.05) is 0 Å². The molecule has 1 aliphatic rings. The minimum absolute atomic E-state index is 0.580. The molecule has 1 heterocycles. The van der Waals surface area contributed by atoms with Crippen LogP contribution in [0.4, 0.5) is 5.69 Å². The Morgan fingerprint density at radius 2 is 2.19 bits per heavy atom. The highest BCUT2D eigenvalue weighted by Crippen LogP contribution is 2.37. The van der Waals surface area contributed by atoms with Gasteiger partial charge in [0.25, 0.3) is 0 Å². The van der Waals surface area contributed by atoms with Gasteiger partial charge in [-0.25, -0.2) is 0 Å². The van der Waals surface area contributed by atoms with Crippen LogP contribution in [0.2, 0.25) is 0 Å². The molecule has 0 spiro atoms. The number of nitrogens with zero attached hydrogens (tertiary/aromatic N) is 1. The first-order valence-corrected chi connectivity index (χ1v) is 6.23. The van der Waals surface area contributed by atoms with Crippen LogP contribution in [0.3, 0.4) is 0 Å². The number of nitrogens with two attached hydrogens (primary N) is 1. The van der Waals surface area contributed by atoms with E-state index in [2.05, 4.69) is 43.9 Å². The summed E-state index contributed by atoms with van der Waals surface area (Å²) in [5.74, 6) is 0.657. The van der Waals surface area contributed by atoms with Gasteiger partial charge in [-0.1, -0.05) is 19.1 Å². The summed E-state index contributed by atoms with van der Waals surface area (Å²) in [5, 5.41) is 0.